The fourth-order valence-electron chi connectivity index (χ4n) is 5.50. The second-order valence-corrected chi connectivity index (χ2v) is 11.0. The van der Waals surface area contributed by atoms with E-state index in [1.807, 2.05) is 6.07 Å². The summed E-state index contributed by atoms with van der Waals surface area (Å²) in [6, 6.07) is 7.83. The molecule has 2 atom stereocenters. The Balaban J connectivity index is 1.61. The van der Waals surface area contributed by atoms with Crippen LogP contribution in [0.25, 0.3) is 0 Å². The molecular formula is C30H25ClF4N6O3. The van der Waals surface area contributed by atoms with Gasteiger partial charge in [0.2, 0.25) is 23.7 Å². The number of rotatable bonds is 7. The summed E-state index contributed by atoms with van der Waals surface area (Å²) >= 11 is 6.50. The van der Waals surface area contributed by atoms with Crippen molar-refractivity contribution in [2.75, 3.05) is 9.80 Å². The molecule has 5 rings (SSSR count). The molecule has 3 amide bonds. The zero-order valence-corrected chi connectivity index (χ0v) is 23.8. The van der Waals surface area contributed by atoms with E-state index in [-0.39, 0.29) is 53.6 Å². The number of nitrogens with zero attached hydrogens (tertiary/aromatic N) is 5. The van der Waals surface area contributed by atoms with Crippen LogP contribution in [-0.4, -0.2) is 45.7 Å². The van der Waals surface area contributed by atoms with Gasteiger partial charge in [-0.25, -0.2) is 27.5 Å². The monoisotopic (exact) mass is 628 g/mol. The lowest BCUT2D eigenvalue weighted by molar-refractivity contribution is -0.128. The third-order valence-corrected chi connectivity index (χ3v) is 7.95. The van der Waals surface area contributed by atoms with Crippen LogP contribution in [0, 0.1) is 23.0 Å². The molecule has 228 valence electrons. The maximum Gasteiger partial charge on any atom is 0.251 e. The molecule has 0 radical (unpaired) electrons. The first-order valence-electron chi connectivity index (χ1n) is 13.7. The predicted molar refractivity (Wildman–Crippen MR) is 151 cm³/mol. The van der Waals surface area contributed by atoms with Gasteiger partial charge in [0.05, 0.1) is 5.69 Å². The number of nitriles is 1. The molecule has 2 fully saturated rings. The molecule has 2 aliphatic rings. The molecule has 1 N–H and O–H groups in total. The van der Waals surface area contributed by atoms with Crippen molar-refractivity contribution in [3.8, 4) is 6.07 Å². The number of hydrogen-bond donors (Lipinski definition) is 1. The van der Waals surface area contributed by atoms with E-state index in [2.05, 4.69) is 15.3 Å². The SMILES string of the molecule is N#Cc1ccnc(N2C(=O)CC[C@H]2C(=O)N(c2cc(F)cc(F)c2)C(C(=O)NC2CCC(F)(F)CC2)c2ccccc2Cl)n1. The molecule has 44 heavy (non-hydrogen) atoms. The summed E-state index contributed by atoms with van der Waals surface area (Å²) in [5.74, 6) is -7.49. The van der Waals surface area contributed by atoms with E-state index in [0.29, 0.717) is 6.07 Å². The van der Waals surface area contributed by atoms with Gasteiger partial charge in [-0.3, -0.25) is 24.2 Å². The Morgan fingerprint density at radius 2 is 1.77 bits per heavy atom. The van der Waals surface area contributed by atoms with E-state index in [4.69, 9.17) is 11.6 Å². The van der Waals surface area contributed by atoms with Crippen molar-refractivity contribution < 1.29 is 31.9 Å². The molecule has 1 aliphatic carbocycles. The lowest BCUT2D eigenvalue weighted by Gasteiger charge is -2.37. The van der Waals surface area contributed by atoms with Gasteiger partial charge in [0.15, 0.2) is 0 Å². The highest BCUT2D eigenvalue weighted by molar-refractivity contribution is 6.31. The normalized spacial score (nSPS) is 18.9. The number of nitrogens with one attached hydrogen (secondary N) is 1. The fourth-order valence-corrected chi connectivity index (χ4v) is 5.74. The highest BCUT2D eigenvalue weighted by Crippen LogP contribution is 2.37. The van der Waals surface area contributed by atoms with Crippen LogP contribution >= 0.6 is 11.6 Å². The van der Waals surface area contributed by atoms with Crippen molar-refractivity contribution in [3.05, 3.63) is 82.6 Å². The molecule has 1 unspecified atom stereocenters. The zero-order valence-electron chi connectivity index (χ0n) is 23.0. The van der Waals surface area contributed by atoms with Crippen LogP contribution in [0.1, 0.15) is 55.8 Å². The maximum absolute atomic E-state index is 14.6. The molecule has 1 aromatic heterocycles. The Bertz CT molecular complexity index is 1620. The highest BCUT2D eigenvalue weighted by atomic mass is 35.5. The molecule has 0 bridgehead atoms. The summed E-state index contributed by atoms with van der Waals surface area (Å²) in [4.78, 5) is 51.5. The summed E-state index contributed by atoms with van der Waals surface area (Å²) in [5, 5.41) is 12.1. The molecule has 14 heteroatoms. The minimum atomic E-state index is -2.87. The molecule has 2 heterocycles. The summed E-state index contributed by atoms with van der Waals surface area (Å²) in [6.07, 6.45) is 0.0754. The number of carbonyl (C=O) groups is 3. The van der Waals surface area contributed by atoms with Crippen LogP contribution in [0.3, 0.4) is 0 Å². The van der Waals surface area contributed by atoms with Crippen LogP contribution in [-0.2, 0) is 14.4 Å². The predicted octanol–water partition coefficient (Wildman–Crippen LogP) is 5.24. The first-order valence-corrected chi connectivity index (χ1v) is 14.1. The lowest BCUT2D eigenvalue weighted by Crippen LogP contribution is -2.53. The van der Waals surface area contributed by atoms with Gasteiger partial charge >= 0.3 is 0 Å². The largest absolute Gasteiger partial charge is 0.351 e. The second-order valence-electron chi connectivity index (χ2n) is 10.6. The van der Waals surface area contributed by atoms with Gasteiger partial charge in [-0.1, -0.05) is 29.8 Å². The van der Waals surface area contributed by atoms with E-state index in [1.165, 1.54) is 24.4 Å². The molecule has 3 aromatic rings. The number of hydrogen-bond acceptors (Lipinski definition) is 6. The lowest BCUT2D eigenvalue weighted by atomic mass is 9.91. The molecule has 1 saturated carbocycles. The van der Waals surface area contributed by atoms with E-state index in [0.717, 1.165) is 21.9 Å². The van der Waals surface area contributed by atoms with Crippen LogP contribution in [0.4, 0.5) is 29.2 Å². The van der Waals surface area contributed by atoms with Gasteiger partial charge in [-0.15, -0.1) is 0 Å². The van der Waals surface area contributed by atoms with Crippen molar-refractivity contribution in [2.24, 2.45) is 0 Å². The molecule has 1 saturated heterocycles. The van der Waals surface area contributed by atoms with Crippen molar-refractivity contribution in [1.29, 1.82) is 5.26 Å². The van der Waals surface area contributed by atoms with Crippen molar-refractivity contribution in [1.82, 2.24) is 15.3 Å². The summed E-state index contributed by atoms with van der Waals surface area (Å²) < 4.78 is 56.9. The fraction of sp³-hybridized carbons (Fsp3) is 0.333. The van der Waals surface area contributed by atoms with Gasteiger partial charge in [0.1, 0.15) is 35.5 Å². The van der Waals surface area contributed by atoms with Gasteiger partial charge in [-0.2, -0.15) is 5.26 Å². The molecular weight excluding hydrogens is 604 g/mol. The number of amides is 3. The first kappa shape index (κ1) is 30.9. The Labute approximate surface area is 254 Å². The van der Waals surface area contributed by atoms with Gasteiger partial charge < -0.3 is 5.32 Å². The zero-order chi connectivity index (χ0) is 31.6. The Morgan fingerprint density at radius 1 is 1.09 bits per heavy atom. The Hall–Kier alpha value is -4.57. The quantitative estimate of drug-likeness (QED) is 0.357. The molecule has 9 nitrogen and oxygen atoms in total. The minimum absolute atomic E-state index is 0.0337. The van der Waals surface area contributed by atoms with Crippen LogP contribution in [0.5, 0.6) is 0 Å². The van der Waals surface area contributed by atoms with Crippen LogP contribution in [0.15, 0.2) is 54.7 Å². The van der Waals surface area contributed by atoms with Crippen molar-refractivity contribution in [2.45, 2.75) is 62.6 Å². The number of halogens is 5. The van der Waals surface area contributed by atoms with Crippen molar-refractivity contribution >= 4 is 41.0 Å². The third kappa shape index (κ3) is 6.50. The number of aromatic nitrogens is 2. The average Bonchev–Trinajstić information content (AvgIpc) is 3.38. The van der Waals surface area contributed by atoms with E-state index >= 15 is 0 Å². The topological polar surface area (TPSA) is 119 Å². The summed E-state index contributed by atoms with van der Waals surface area (Å²) in [6.45, 7) is 0. The van der Waals surface area contributed by atoms with Gasteiger partial charge in [-0.05, 0) is 43.5 Å². The van der Waals surface area contributed by atoms with Crippen LogP contribution in [0.2, 0.25) is 5.02 Å². The number of alkyl halides is 2. The highest BCUT2D eigenvalue weighted by Gasteiger charge is 2.45. The molecule has 0 spiro atoms. The summed E-state index contributed by atoms with van der Waals surface area (Å²) in [7, 11) is 0. The standard InChI is InChI=1S/C30H25ClF4N6O3/c31-23-4-2-1-3-22(23)26(27(43)38-19-7-10-30(34,35)11-8-19)40(21-14-17(32)13-18(33)15-21)28(44)24-5-6-25(42)41(24)29-37-12-9-20(16-36)39-29/h1-4,9,12-15,19,24,26H,5-8,10-11H2,(H,38,43)/t24-,26?/m0/s1. The Morgan fingerprint density at radius 3 is 2.43 bits per heavy atom. The van der Waals surface area contributed by atoms with E-state index in [9.17, 15) is 37.2 Å². The van der Waals surface area contributed by atoms with Gasteiger partial charge in [0.25, 0.3) is 5.91 Å². The van der Waals surface area contributed by atoms with E-state index < -0.39 is 66.2 Å². The number of carbonyl (C=O) groups excluding carboxylic acids is 3. The smallest absolute Gasteiger partial charge is 0.251 e. The van der Waals surface area contributed by atoms with Crippen molar-refractivity contribution in [3.63, 3.8) is 0 Å². The van der Waals surface area contributed by atoms with Gasteiger partial charge in [0, 0.05) is 48.2 Å². The maximum atomic E-state index is 14.6. The second kappa shape index (κ2) is 12.6. The third-order valence-electron chi connectivity index (χ3n) is 7.60. The molecule has 2 aromatic carbocycles. The summed E-state index contributed by atoms with van der Waals surface area (Å²) in [5.41, 5.74) is -0.338. The molecule has 1 aliphatic heterocycles. The number of anilines is 2. The first-order chi connectivity index (χ1) is 21.0. The average molecular weight is 629 g/mol. The Kier molecular flexibility index (Phi) is 8.82. The minimum Gasteiger partial charge on any atom is -0.351 e. The number of benzene rings is 2. The van der Waals surface area contributed by atoms with E-state index in [1.54, 1.807) is 12.1 Å². The van der Waals surface area contributed by atoms with Crippen LogP contribution < -0.4 is 15.1 Å².